The number of sulfonamides is 1. The van der Waals surface area contributed by atoms with Crippen molar-refractivity contribution in [2.75, 3.05) is 23.7 Å². The fourth-order valence-corrected chi connectivity index (χ4v) is 5.10. The second kappa shape index (κ2) is 14.0. The summed E-state index contributed by atoms with van der Waals surface area (Å²) in [5.41, 5.74) is 0.617. The van der Waals surface area contributed by atoms with E-state index < -0.39 is 21.9 Å². The van der Waals surface area contributed by atoms with Gasteiger partial charge in [-0.15, -0.1) is 0 Å². The van der Waals surface area contributed by atoms with Gasteiger partial charge < -0.3 is 10.2 Å². The van der Waals surface area contributed by atoms with E-state index in [9.17, 15) is 22.4 Å². The number of carbonyl (C=O) groups is 2. The predicted molar refractivity (Wildman–Crippen MR) is 147 cm³/mol. The summed E-state index contributed by atoms with van der Waals surface area (Å²) < 4.78 is 40.0. The van der Waals surface area contributed by atoms with E-state index in [1.165, 1.54) is 23.1 Å². The molecule has 2 aromatic rings. The zero-order valence-corrected chi connectivity index (χ0v) is 23.8. The number of amides is 2. The Balaban J connectivity index is 2.25. The summed E-state index contributed by atoms with van der Waals surface area (Å²) in [6.07, 6.45) is 1.45. The monoisotopic (exact) mass is 573 g/mol. The summed E-state index contributed by atoms with van der Waals surface area (Å²) in [6.45, 7) is 6.26. The molecule has 2 rings (SSSR count). The second-order valence-corrected chi connectivity index (χ2v) is 11.9. The van der Waals surface area contributed by atoms with Crippen molar-refractivity contribution in [1.29, 1.82) is 0 Å². The van der Waals surface area contributed by atoms with E-state index in [1.807, 2.05) is 20.8 Å². The molecule has 37 heavy (non-hydrogen) atoms. The van der Waals surface area contributed by atoms with Gasteiger partial charge in [0.1, 0.15) is 11.9 Å². The molecule has 0 aliphatic rings. The maximum absolute atomic E-state index is 14.3. The maximum Gasteiger partial charge on any atom is 0.242 e. The second-order valence-electron chi connectivity index (χ2n) is 9.22. The summed E-state index contributed by atoms with van der Waals surface area (Å²) in [6, 6.07) is 9.84. The van der Waals surface area contributed by atoms with Crippen molar-refractivity contribution in [1.82, 2.24) is 10.2 Å². The molecule has 0 radical (unpaired) electrons. The van der Waals surface area contributed by atoms with Crippen molar-refractivity contribution in [3.63, 3.8) is 0 Å². The number of hydrogen-bond acceptors (Lipinski definition) is 4. The van der Waals surface area contributed by atoms with Crippen molar-refractivity contribution < 1.29 is 22.4 Å². The van der Waals surface area contributed by atoms with Crippen LogP contribution in [0.4, 0.5) is 10.1 Å². The predicted octanol–water partition coefficient (Wildman–Crippen LogP) is 5.26. The van der Waals surface area contributed by atoms with Crippen LogP contribution in [0.5, 0.6) is 0 Å². The number of anilines is 1. The molecule has 2 aromatic carbocycles. The Bertz CT molecular complexity index is 1190. The Morgan fingerprint density at radius 2 is 1.76 bits per heavy atom. The minimum Gasteiger partial charge on any atom is -0.354 e. The van der Waals surface area contributed by atoms with Gasteiger partial charge in [0.2, 0.25) is 21.8 Å². The highest BCUT2D eigenvalue weighted by molar-refractivity contribution is 7.92. The normalized spacial score (nSPS) is 12.3. The molecule has 7 nitrogen and oxygen atoms in total. The topological polar surface area (TPSA) is 86.8 Å². The van der Waals surface area contributed by atoms with Gasteiger partial charge in [-0.3, -0.25) is 13.9 Å². The third-order valence-electron chi connectivity index (χ3n) is 5.68. The average Bonchev–Trinajstić information content (AvgIpc) is 2.82. The first kappa shape index (κ1) is 30.9. The fourth-order valence-electron chi connectivity index (χ4n) is 3.81. The van der Waals surface area contributed by atoms with Gasteiger partial charge in [0, 0.05) is 26.1 Å². The summed E-state index contributed by atoms with van der Waals surface area (Å²) in [5.74, 6) is -1.04. The molecule has 0 fully saturated rings. The highest BCUT2D eigenvalue weighted by Crippen LogP contribution is 2.25. The number of carbonyl (C=O) groups excluding carboxylic acids is 2. The molecule has 204 valence electrons. The van der Waals surface area contributed by atoms with Gasteiger partial charge in [0.25, 0.3) is 0 Å². The Labute approximate surface area is 229 Å². The van der Waals surface area contributed by atoms with Gasteiger partial charge in [-0.2, -0.15) is 0 Å². The molecule has 0 bridgehead atoms. The van der Waals surface area contributed by atoms with Gasteiger partial charge in [-0.1, -0.05) is 62.2 Å². The van der Waals surface area contributed by atoms with Crippen LogP contribution in [0, 0.1) is 11.7 Å². The fraction of sp³-hybridized carbons (Fsp3) is 0.462. The van der Waals surface area contributed by atoms with Gasteiger partial charge in [-0.25, -0.2) is 12.8 Å². The van der Waals surface area contributed by atoms with Crippen molar-refractivity contribution in [2.45, 2.75) is 52.6 Å². The lowest BCUT2D eigenvalue weighted by Crippen LogP contribution is -2.49. The minimum atomic E-state index is -3.79. The van der Waals surface area contributed by atoms with Crippen molar-refractivity contribution in [3.05, 3.63) is 63.9 Å². The first-order valence-corrected chi connectivity index (χ1v) is 14.7. The maximum atomic E-state index is 14.3. The third kappa shape index (κ3) is 9.16. The molecule has 0 saturated carbocycles. The number of nitrogens with zero attached hydrogens (tertiary/aromatic N) is 2. The molecule has 0 heterocycles. The lowest BCUT2D eigenvalue weighted by molar-refractivity contribution is -0.141. The Morgan fingerprint density at radius 1 is 1.08 bits per heavy atom. The van der Waals surface area contributed by atoms with Gasteiger partial charge in [0.15, 0.2) is 0 Å². The molecular weight excluding hydrogens is 540 g/mol. The highest BCUT2D eigenvalue weighted by atomic mass is 35.5. The molecule has 0 unspecified atom stereocenters. The molecule has 0 aromatic heterocycles. The SMILES string of the molecule is CC[C@@H](C(=O)NCC(C)C)N(Cc1ccc(Cl)c(Cl)c1)C(=O)CCCN(c1ccccc1F)S(C)(=O)=O. The zero-order valence-electron chi connectivity index (χ0n) is 21.5. The molecule has 0 aliphatic heterocycles. The summed E-state index contributed by atoms with van der Waals surface area (Å²) in [5, 5.41) is 3.59. The number of nitrogens with one attached hydrogen (secondary N) is 1. The minimum absolute atomic E-state index is 0.0459. The van der Waals surface area contributed by atoms with Crippen molar-refractivity contribution in [2.24, 2.45) is 5.92 Å². The van der Waals surface area contributed by atoms with E-state index in [2.05, 4.69) is 5.32 Å². The first-order valence-electron chi connectivity index (χ1n) is 12.1. The quantitative estimate of drug-likeness (QED) is 0.354. The van der Waals surface area contributed by atoms with Crippen LogP contribution in [0.15, 0.2) is 42.5 Å². The average molecular weight is 575 g/mol. The number of benzene rings is 2. The van der Waals surface area contributed by atoms with Crippen molar-refractivity contribution in [3.8, 4) is 0 Å². The molecule has 11 heteroatoms. The molecule has 0 saturated heterocycles. The summed E-state index contributed by atoms with van der Waals surface area (Å²) in [4.78, 5) is 27.9. The molecule has 2 amide bonds. The standard InChI is InChI=1S/C26H34Cl2FN3O4S/c1-5-23(26(34)30-16-18(2)3)31(17-19-12-13-20(27)21(28)15-19)25(33)11-8-14-32(37(4,35)36)24-10-7-6-9-22(24)29/h6-7,9-10,12-13,15,18,23H,5,8,11,14,16-17H2,1-4H3,(H,30,34)/t23-/m0/s1. The van der Waals surface area contributed by atoms with Crippen LogP contribution < -0.4 is 9.62 Å². The van der Waals surface area contributed by atoms with Crippen LogP contribution >= 0.6 is 23.2 Å². The van der Waals surface area contributed by atoms with E-state index in [0.29, 0.717) is 28.6 Å². The van der Waals surface area contributed by atoms with Gasteiger partial charge in [-0.05, 0) is 48.6 Å². The van der Waals surface area contributed by atoms with Crippen LogP contribution in [-0.2, 0) is 26.2 Å². The number of para-hydroxylation sites is 1. The Kier molecular flexibility index (Phi) is 11.7. The molecular formula is C26H34Cl2FN3O4S. The Morgan fingerprint density at radius 3 is 2.32 bits per heavy atom. The van der Waals surface area contributed by atoms with Crippen LogP contribution in [0.1, 0.15) is 45.6 Å². The summed E-state index contributed by atoms with van der Waals surface area (Å²) in [7, 11) is -3.79. The van der Waals surface area contributed by atoms with E-state index in [4.69, 9.17) is 23.2 Å². The van der Waals surface area contributed by atoms with E-state index in [-0.39, 0.29) is 49.4 Å². The zero-order chi connectivity index (χ0) is 27.8. The third-order valence-corrected chi connectivity index (χ3v) is 7.60. The van der Waals surface area contributed by atoms with E-state index >= 15 is 0 Å². The number of hydrogen-bond donors (Lipinski definition) is 1. The molecule has 1 N–H and O–H groups in total. The first-order chi connectivity index (χ1) is 17.3. The lowest BCUT2D eigenvalue weighted by atomic mass is 10.1. The molecule has 0 spiro atoms. The molecule has 1 atom stereocenters. The smallest absolute Gasteiger partial charge is 0.242 e. The lowest BCUT2D eigenvalue weighted by Gasteiger charge is -2.31. The largest absolute Gasteiger partial charge is 0.354 e. The number of halogens is 3. The van der Waals surface area contributed by atoms with Gasteiger partial charge in [0.05, 0.1) is 22.0 Å². The Hall–Kier alpha value is -2.36. The van der Waals surface area contributed by atoms with Crippen LogP contribution in [0.25, 0.3) is 0 Å². The summed E-state index contributed by atoms with van der Waals surface area (Å²) >= 11 is 12.2. The number of rotatable bonds is 13. The van der Waals surface area contributed by atoms with E-state index in [0.717, 1.165) is 10.6 Å². The van der Waals surface area contributed by atoms with Gasteiger partial charge >= 0.3 is 0 Å². The van der Waals surface area contributed by atoms with Crippen molar-refractivity contribution >= 4 is 50.7 Å². The van der Waals surface area contributed by atoms with Crippen LogP contribution in [0.2, 0.25) is 10.0 Å². The van der Waals surface area contributed by atoms with Crippen LogP contribution in [0.3, 0.4) is 0 Å². The van der Waals surface area contributed by atoms with Crippen LogP contribution in [-0.4, -0.2) is 50.5 Å². The van der Waals surface area contributed by atoms with E-state index in [1.54, 1.807) is 24.3 Å². The highest BCUT2D eigenvalue weighted by Gasteiger charge is 2.29. The molecule has 0 aliphatic carbocycles.